The van der Waals surface area contributed by atoms with Crippen molar-refractivity contribution in [1.82, 2.24) is 0 Å². The molecule has 1 aromatic carbocycles. The number of aryl methyl sites for hydroxylation is 1. The van der Waals surface area contributed by atoms with Gasteiger partial charge in [-0.25, -0.2) is 0 Å². The van der Waals surface area contributed by atoms with E-state index in [2.05, 4.69) is 5.32 Å². The third-order valence-electron chi connectivity index (χ3n) is 2.33. The first-order valence-electron chi connectivity index (χ1n) is 5.22. The molecule has 2 rings (SSSR count). The van der Waals surface area contributed by atoms with Crippen LogP contribution in [0.5, 0.6) is 5.75 Å². The summed E-state index contributed by atoms with van der Waals surface area (Å²) in [5, 5.41) is 12.0. The number of hydrogen-bond donors (Lipinski definition) is 2. The number of anilines is 1. The number of phenols is 1. The van der Waals surface area contributed by atoms with Gasteiger partial charge in [-0.2, -0.15) is 0 Å². The molecule has 0 unspecified atom stereocenters. The molecule has 1 heterocycles. The number of amides is 1. The molecular formula is C12H13NO4. The summed E-state index contributed by atoms with van der Waals surface area (Å²) in [5.41, 5.74) is 1.29. The highest BCUT2D eigenvalue weighted by molar-refractivity contribution is 6.02. The molecule has 0 bridgehead atoms. The number of rotatable bonds is 2. The van der Waals surface area contributed by atoms with Gasteiger partial charge in [0.15, 0.2) is 0 Å². The first kappa shape index (κ1) is 11.3. The van der Waals surface area contributed by atoms with Crippen LogP contribution in [0.3, 0.4) is 0 Å². The van der Waals surface area contributed by atoms with Gasteiger partial charge < -0.3 is 19.9 Å². The zero-order valence-corrected chi connectivity index (χ0v) is 9.40. The topological polar surface area (TPSA) is 67.8 Å². The first-order valence-corrected chi connectivity index (χ1v) is 5.22. The van der Waals surface area contributed by atoms with Gasteiger partial charge in [0.25, 0.3) is 5.91 Å². The molecule has 2 N–H and O–H groups in total. The van der Waals surface area contributed by atoms with E-state index in [1.54, 1.807) is 19.1 Å². The summed E-state index contributed by atoms with van der Waals surface area (Å²) in [4.78, 5) is 11.7. The van der Waals surface area contributed by atoms with E-state index < -0.39 is 0 Å². The van der Waals surface area contributed by atoms with Crippen LogP contribution in [0.4, 0.5) is 5.69 Å². The Morgan fingerprint density at radius 2 is 2.24 bits per heavy atom. The minimum absolute atomic E-state index is 0.155. The highest BCUT2D eigenvalue weighted by Crippen LogP contribution is 2.20. The van der Waals surface area contributed by atoms with Gasteiger partial charge in [-0.15, -0.1) is 0 Å². The van der Waals surface area contributed by atoms with Crippen LogP contribution in [0.25, 0.3) is 0 Å². The summed E-state index contributed by atoms with van der Waals surface area (Å²) in [6.07, 6.45) is 1.30. The molecule has 0 fully saturated rings. The second-order valence-corrected chi connectivity index (χ2v) is 3.66. The monoisotopic (exact) mass is 235 g/mol. The molecule has 0 radical (unpaired) electrons. The van der Waals surface area contributed by atoms with Gasteiger partial charge in [-0.05, 0) is 30.7 Å². The molecular weight excluding hydrogens is 222 g/mol. The lowest BCUT2D eigenvalue weighted by Crippen LogP contribution is -2.21. The number of ether oxygens (including phenoxy) is 2. The van der Waals surface area contributed by atoms with Crippen LogP contribution in [0.2, 0.25) is 0 Å². The zero-order valence-electron chi connectivity index (χ0n) is 9.40. The molecule has 17 heavy (non-hydrogen) atoms. The van der Waals surface area contributed by atoms with Crippen molar-refractivity contribution < 1.29 is 19.4 Å². The number of phenolic OH excluding ortho intramolecular Hbond substituents is 1. The van der Waals surface area contributed by atoms with E-state index in [0.29, 0.717) is 24.5 Å². The van der Waals surface area contributed by atoms with Crippen molar-refractivity contribution in [2.75, 3.05) is 18.5 Å². The molecule has 1 aliphatic heterocycles. The van der Waals surface area contributed by atoms with E-state index in [9.17, 15) is 9.90 Å². The van der Waals surface area contributed by atoms with E-state index in [4.69, 9.17) is 9.47 Å². The number of nitrogens with one attached hydrogen (secondary N) is 1. The predicted octanol–water partition coefficient (Wildman–Crippen LogP) is 1.53. The molecule has 0 saturated heterocycles. The summed E-state index contributed by atoms with van der Waals surface area (Å²) < 4.78 is 10.1. The predicted molar refractivity (Wildman–Crippen MR) is 61.5 cm³/mol. The Kier molecular flexibility index (Phi) is 3.18. The van der Waals surface area contributed by atoms with Crippen LogP contribution in [-0.4, -0.2) is 24.2 Å². The van der Waals surface area contributed by atoms with Crippen molar-refractivity contribution in [2.45, 2.75) is 6.92 Å². The smallest absolute Gasteiger partial charge is 0.294 e. The fourth-order valence-electron chi connectivity index (χ4n) is 1.41. The summed E-state index contributed by atoms with van der Waals surface area (Å²) in [7, 11) is 0. The van der Waals surface area contributed by atoms with Crippen LogP contribution in [-0.2, 0) is 14.3 Å². The van der Waals surface area contributed by atoms with Gasteiger partial charge in [-0.3, -0.25) is 4.79 Å². The van der Waals surface area contributed by atoms with Gasteiger partial charge in [0.1, 0.15) is 25.2 Å². The minimum atomic E-state index is -0.366. The van der Waals surface area contributed by atoms with Gasteiger partial charge in [0, 0.05) is 5.69 Å². The second-order valence-electron chi connectivity index (χ2n) is 3.66. The van der Waals surface area contributed by atoms with Crippen molar-refractivity contribution in [2.24, 2.45) is 0 Å². The lowest BCUT2D eigenvalue weighted by molar-refractivity contribution is -0.117. The Morgan fingerprint density at radius 1 is 1.41 bits per heavy atom. The first-order chi connectivity index (χ1) is 8.16. The van der Waals surface area contributed by atoms with Gasteiger partial charge >= 0.3 is 0 Å². The van der Waals surface area contributed by atoms with E-state index in [0.717, 1.165) is 0 Å². The SMILES string of the molecule is Cc1cc(NC(=O)C2=COCCO2)ccc1O. The third kappa shape index (κ3) is 2.69. The van der Waals surface area contributed by atoms with Crippen LogP contribution < -0.4 is 5.32 Å². The molecule has 0 aliphatic carbocycles. The Hall–Kier alpha value is -2.17. The van der Waals surface area contributed by atoms with Crippen LogP contribution in [0.1, 0.15) is 5.56 Å². The fraction of sp³-hybridized carbons (Fsp3) is 0.250. The van der Waals surface area contributed by atoms with Gasteiger partial charge in [0.2, 0.25) is 5.76 Å². The number of carbonyl (C=O) groups excluding carboxylic acids is 1. The van der Waals surface area contributed by atoms with Crippen LogP contribution >= 0.6 is 0 Å². The number of aromatic hydroxyl groups is 1. The molecule has 1 aromatic rings. The van der Waals surface area contributed by atoms with E-state index in [1.807, 2.05) is 0 Å². The summed E-state index contributed by atoms with van der Waals surface area (Å²) in [6.45, 7) is 2.58. The average molecular weight is 235 g/mol. The Labute approximate surface area is 98.7 Å². The summed E-state index contributed by atoms with van der Waals surface area (Å²) in [5.74, 6) is -0.0174. The maximum absolute atomic E-state index is 11.7. The molecule has 1 aliphatic rings. The molecule has 1 amide bonds. The van der Waals surface area contributed by atoms with E-state index >= 15 is 0 Å². The lowest BCUT2D eigenvalue weighted by atomic mass is 10.2. The van der Waals surface area contributed by atoms with Gasteiger partial charge in [-0.1, -0.05) is 0 Å². The average Bonchev–Trinajstić information content (AvgIpc) is 2.35. The highest BCUT2D eigenvalue weighted by atomic mass is 16.6. The standard InChI is InChI=1S/C12H13NO4/c1-8-6-9(2-3-10(8)14)13-12(15)11-7-16-4-5-17-11/h2-3,6-7,14H,4-5H2,1H3,(H,13,15). The normalized spacial score (nSPS) is 14.3. The second kappa shape index (κ2) is 4.78. The quantitative estimate of drug-likeness (QED) is 0.763. The van der Waals surface area contributed by atoms with Crippen molar-refractivity contribution in [3.8, 4) is 5.75 Å². The van der Waals surface area contributed by atoms with Crippen molar-refractivity contribution in [3.63, 3.8) is 0 Å². The summed E-state index contributed by atoms with van der Waals surface area (Å²) in [6, 6.07) is 4.82. The van der Waals surface area contributed by atoms with Crippen molar-refractivity contribution in [1.29, 1.82) is 0 Å². The molecule has 5 heteroatoms. The molecule has 90 valence electrons. The maximum Gasteiger partial charge on any atom is 0.294 e. The van der Waals surface area contributed by atoms with Crippen LogP contribution in [0, 0.1) is 6.92 Å². The molecule has 0 saturated carbocycles. The maximum atomic E-state index is 11.7. The minimum Gasteiger partial charge on any atom is -0.508 e. The number of carbonyl (C=O) groups is 1. The highest BCUT2D eigenvalue weighted by Gasteiger charge is 2.15. The third-order valence-corrected chi connectivity index (χ3v) is 2.33. The summed E-state index contributed by atoms with van der Waals surface area (Å²) >= 11 is 0. The van der Waals surface area contributed by atoms with E-state index in [-0.39, 0.29) is 17.4 Å². The molecule has 0 atom stereocenters. The van der Waals surface area contributed by atoms with Gasteiger partial charge in [0.05, 0.1) is 0 Å². The van der Waals surface area contributed by atoms with Crippen LogP contribution in [0.15, 0.2) is 30.2 Å². The number of hydrogen-bond acceptors (Lipinski definition) is 4. The van der Waals surface area contributed by atoms with Crippen molar-refractivity contribution in [3.05, 3.63) is 35.8 Å². The Balaban J connectivity index is 2.07. The Morgan fingerprint density at radius 3 is 2.88 bits per heavy atom. The molecule has 0 spiro atoms. The lowest BCUT2D eigenvalue weighted by Gasteiger charge is -2.15. The fourth-order valence-corrected chi connectivity index (χ4v) is 1.41. The Bertz CT molecular complexity index is 468. The van der Waals surface area contributed by atoms with Crippen molar-refractivity contribution >= 4 is 11.6 Å². The van der Waals surface area contributed by atoms with E-state index in [1.165, 1.54) is 12.3 Å². The largest absolute Gasteiger partial charge is 0.508 e. The molecule has 5 nitrogen and oxygen atoms in total. The zero-order chi connectivity index (χ0) is 12.3. The number of benzene rings is 1. The molecule has 0 aromatic heterocycles.